The Labute approximate surface area is 89.7 Å². The first-order valence-corrected chi connectivity index (χ1v) is 5.32. The number of nitrogens with two attached hydrogens (primary N) is 1. The van der Waals surface area contributed by atoms with E-state index < -0.39 is 0 Å². The molecule has 2 rings (SSSR count). The molecule has 82 valence electrons. The van der Waals surface area contributed by atoms with Gasteiger partial charge in [0.15, 0.2) is 5.82 Å². The Morgan fingerprint density at radius 2 is 2.40 bits per heavy atom. The molecule has 1 aromatic heterocycles. The standard InChI is InChI=1S/C11H17N3O/c1-8-4-5-13-11(10(8)12)14-6-2-3-9(15)7-14/h4-5,9,15H,2-3,6-7,12H2,1H3. The van der Waals surface area contributed by atoms with Crippen molar-refractivity contribution in [2.75, 3.05) is 23.7 Å². The topological polar surface area (TPSA) is 62.4 Å². The minimum absolute atomic E-state index is 0.250. The van der Waals surface area contributed by atoms with Crippen molar-refractivity contribution in [3.05, 3.63) is 17.8 Å². The normalized spacial score (nSPS) is 21.7. The molecule has 15 heavy (non-hydrogen) atoms. The maximum Gasteiger partial charge on any atom is 0.152 e. The number of pyridine rings is 1. The van der Waals surface area contributed by atoms with Gasteiger partial charge in [0.2, 0.25) is 0 Å². The van der Waals surface area contributed by atoms with Gasteiger partial charge in [-0.3, -0.25) is 0 Å². The second kappa shape index (κ2) is 4.06. The summed E-state index contributed by atoms with van der Waals surface area (Å²) in [6, 6.07) is 1.90. The van der Waals surface area contributed by atoms with Crippen LogP contribution in [0.4, 0.5) is 11.5 Å². The molecule has 0 spiro atoms. The maximum atomic E-state index is 9.59. The van der Waals surface area contributed by atoms with Crippen molar-refractivity contribution in [2.24, 2.45) is 0 Å². The number of anilines is 2. The summed E-state index contributed by atoms with van der Waals surface area (Å²) in [5.74, 6) is 0.814. The summed E-state index contributed by atoms with van der Waals surface area (Å²) in [6.45, 7) is 3.54. The van der Waals surface area contributed by atoms with Gasteiger partial charge in [-0.1, -0.05) is 0 Å². The van der Waals surface area contributed by atoms with E-state index in [1.807, 2.05) is 13.0 Å². The van der Waals surface area contributed by atoms with Crippen molar-refractivity contribution in [3.63, 3.8) is 0 Å². The first kappa shape index (κ1) is 10.2. The Balaban J connectivity index is 2.24. The molecule has 0 aromatic carbocycles. The van der Waals surface area contributed by atoms with Crippen LogP contribution in [0.25, 0.3) is 0 Å². The SMILES string of the molecule is Cc1ccnc(N2CCCC(O)C2)c1N. The number of nitrogen functional groups attached to an aromatic ring is 1. The number of β-amino-alcohol motifs (C(OH)–C–C–N with tert-alkyl or cyclic N) is 1. The van der Waals surface area contributed by atoms with Gasteiger partial charge in [-0.15, -0.1) is 0 Å². The molecule has 4 heteroatoms. The third-order valence-corrected chi connectivity index (χ3v) is 2.88. The van der Waals surface area contributed by atoms with Gasteiger partial charge < -0.3 is 15.7 Å². The van der Waals surface area contributed by atoms with E-state index in [-0.39, 0.29) is 6.10 Å². The highest BCUT2D eigenvalue weighted by Gasteiger charge is 2.20. The average Bonchev–Trinajstić information content (AvgIpc) is 2.22. The van der Waals surface area contributed by atoms with Crippen molar-refractivity contribution in [1.29, 1.82) is 0 Å². The Morgan fingerprint density at radius 3 is 3.13 bits per heavy atom. The fraction of sp³-hybridized carbons (Fsp3) is 0.545. The number of hydrogen-bond acceptors (Lipinski definition) is 4. The predicted molar refractivity (Wildman–Crippen MR) is 60.8 cm³/mol. The molecule has 3 N–H and O–H groups in total. The summed E-state index contributed by atoms with van der Waals surface area (Å²) in [4.78, 5) is 6.35. The van der Waals surface area contributed by atoms with Gasteiger partial charge in [0.1, 0.15) is 0 Å². The molecule has 1 aliphatic heterocycles. The zero-order chi connectivity index (χ0) is 10.8. The smallest absolute Gasteiger partial charge is 0.152 e. The van der Waals surface area contributed by atoms with E-state index in [0.29, 0.717) is 6.54 Å². The Kier molecular flexibility index (Phi) is 2.77. The van der Waals surface area contributed by atoms with Crippen LogP contribution in [-0.4, -0.2) is 29.3 Å². The van der Waals surface area contributed by atoms with Gasteiger partial charge in [0.05, 0.1) is 11.8 Å². The highest BCUT2D eigenvalue weighted by Crippen LogP contribution is 2.25. The molecule has 1 aromatic rings. The van der Waals surface area contributed by atoms with Gasteiger partial charge in [0.25, 0.3) is 0 Å². The lowest BCUT2D eigenvalue weighted by Crippen LogP contribution is -2.39. The average molecular weight is 207 g/mol. The number of nitrogens with zero attached hydrogens (tertiary/aromatic N) is 2. The van der Waals surface area contributed by atoms with Gasteiger partial charge in [-0.2, -0.15) is 0 Å². The van der Waals surface area contributed by atoms with Crippen LogP contribution in [0.2, 0.25) is 0 Å². The molecule has 0 bridgehead atoms. The van der Waals surface area contributed by atoms with E-state index in [0.717, 1.165) is 36.5 Å². The van der Waals surface area contributed by atoms with Crippen LogP contribution >= 0.6 is 0 Å². The van der Waals surface area contributed by atoms with Crippen LogP contribution in [0.15, 0.2) is 12.3 Å². The third-order valence-electron chi connectivity index (χ3n) is 2.88. The third kappa shape index (κ3) is 2.04. The second-order valence-corrected chi connectivity index (χ2v) is 4.11. The number of hydrogen-bond donors (Lipinski definition) is 2. The quantitative estimate of drug-likeness (QED) is 0.719. The van der Waals surface area contributed by atoms with Crippen LogP contribution in [0, 0.1) is 6.92 Å². The van der Waals surface area contributed by atoms with Gasteiger partial charge in [-0.05, 0) is 31.4 Å². The fourth-order valence-electron chi connectivity index (χ4n) is 1.95. The number of aliphatic hydroxyl groups is 1. The molecule has 1 aliphatic rings. The minimum Gasteiger partial charge on any atom is -0.396 e. The van der Waals surface area contributed by atoms with E-state index in [9.17, 15) is 5.11 Å². The highest BCUT2D eigenvalue weighted by molar-refractivity contribution is 5.66. The van der Waals surface area contributed by atoms with E-state index in [1.54, 1.807) is 6.20 Å². The molecular formula is C11H17N3O. The van der Waals surface area contributed by atoms with E-state index in [4.69, 9.17) is 5.73 Å². The number of aliphatic hydroxyl groups excluding tert-OH is 1. The maximum absolute atomic E-state index is 9.59. The molecule has 2 heterocycles. The molecule has 1 atom stereocenters. The summed E-state index contributed by atoms with van der Waals surface area (Å²) >= 11 is 0. The van der Waals surface area contributed by atoms with Crippen molar-refractivity contribution in [2.45, 2.75) is 25.9 Å². The predicted octanol–water partition coefficient (Wildman–Crippen LogP) is 0.933. The molecule has 0 saturated carbocycles. The monoisotopic (exact) mass is 207 g/mol. The summed E-state index contributed by atoms with van der Waals surface area (Å²) in [6.07, 6.45) is 3.39. The summed E-state index contributed by atoms with van der Waals surface area (Å²) in [7, 11) is 0. The van der Waals surface area contributed by atoms with Crippen LogP contribution in [-0.2, 0) is 0 Å². The van der Waals surface area contributed by atoms with Gasteiger partial charge >= 0.3 is 0 Å². The van der Waals surface area contributed by atoms with Gasteiger partial charge in [0, 0.05) is 19.3 Å². The van der Waals surface area contributed by atoms with Crippen molar-refractivity contribution < 1.29 is 5.11 Å². The number of aryl methyl sites for hydroxylation is 1. The molecule has 0 radical (unpaired) electrons. The molecule has 1 fully saturated rings. The van der Waals surface area contributed by atoms with Crippen molar-refractivity contribution in [1.82, 2.24) is 4.98 Å². The number of rotatable bonds is 1. The number of piperidine rings is 1. The molecule has 4 nitrogen and oxygen atoms in total. The summed E-state index contributed by atoms with van der Waals surface area (Å²) < 4.78 is 0. The zero-order valence-electron chi connectivity index (χ0n) is 8.98. The van der Waals surface area contributed by atoms with E-state index in [1.165, 1.54) is 0 Å². The molecule has 0 aliphatic carbocycles. The zero-order valence-corrected chi connectivity index (χ0v) is 8.98. The highest BCUT2D eigenvalue weighted by atomic mass is 16.3. The fourth-order valence-corrected chi connectivity index (χ4v) is 1.95. The van der Waals surface area contributed by atoms with Crippen molar-refractivity contribution in [3.8, 4) is 0 Å². The molecular weight excluding hydrogens is 190 g/mol. The Hall–Kier alpha value is -1.29. The molecule has 1 unspecified atom stereocenters. The summed E-state index contributed by atoms with van der Waals surface area (Å²) in [5.41, 5.74) is 7.74. The Morgan fingerprint density at radius 1 is 1.60 bits per heavy atom. The van der Waals surface area contributed by atoms with Gasteiger partial charge in [-0.25, -0.2) is 4.98 Å². The Bertz CT molecular complexity index is 354. The van der Waals surface area contributed by atoms with E-state index in [2.05, 4.69) is 9.88 Å². The summed E-state index contributed by atoms with van der Waals surface area (Å²) in [5, 5.41) is 9.59. The lowest BCUT2D eigenvalue weighted by Gasteiger charge is -2.31. The largest absolute Gasteiger partial charge is 0.396 e. The number of aromatic nitrogens is 1. The van der Waals surface area contributed by atoms with Crippen LogP contribution in [0.5, 0.6) is 0 Å². The van der Waals surface area contributed by atoms with Crippen LogP contribution < -0.4 is 10.6 Å². The minimum atomic E-state index is -0.250. The first-order chi connectivity index (χ1) is 7.18. The molecule has 1 saturated heterocycles. The lowest BCUT2D eigenvalue weighted by molar-refractivity contribution is 0.154. The molecule has 0 amide bonds. The van der Waals surface area contributed by atoms with E-state index >= 15 is 0 Å². The van der Waals surface area contributed by atoms with Crippen LogP contribution in [0.1, 0.15) is 18.4 Å². The lowest BCUT2D eigenvalue weighted by atomic mass is 10.1. The van der Waals surface area contributed by atoms with Crippen molar-refractivity contribution >= 4 is 11.5 Å². The van der Waals surface area contributed by atoms with Crippen LogP contribution in [0.3, 0.4) is 0 Å². The first-order valence-electron chi connectivity index (χ1n) is 5.32. The second-order valence-electron chi connectivity index (χ2n) is 4.11.